The van der Waals surface area contributed by atoms with Gasteiger partial charge in [0.15, 0.2) is 0 Å². The van der Waals surface area contributed by atoms with Crippen LogP contribution in [0.1, 0.15) is 44.7 Å². The molecule has 0 bridgehead atoms. The first-order valence-electron chi connectivity index (χ1n) is 7.94. The van der Waals surface area contributed by atoms with E-state index in [4.69, 9.17) is 14.2 Å². The van der Waals surface area contributed by atoms with E-state index in [-0.39, 0.29) is 12.2 Å². The molecule has 4 nitrogen and oxygen atoms in total. The van der Waals surface area contributed by atoms with Crippen LogP contribution in [0.4, 0.5) is 0 Å². The molecule has 0 spiro atoms. The minimum atomic E-state index is 0.139. The van der Waals surface area contributed by atoms with Crippen molar-refractivity contribution in [2.45, 2.75) is 57.5 Å². The van der Waals surface area contributed by atoms with E-state index in [0.29, 0.717) is 12.1 Å². The molecular weight excluding hydrogens is 266 g/mol. The Labute approximate surface area is 126 Å². The van der Waals surface area contributed by atoms with Gasteiger partial charge in [-0.1, -0.05) is 6.92 Å². The van der Waals surface area contributed by atoms with Gasteiger partial charge >= 0.3 is 0 Å². The molecule has 2 aliphatic rings. The van der Waals surface area contributed by atoms with Crippen LogP contribution in [0, 0.1) is 0 Å². The van der Waals surface area contributed by atoms with Crippen molar-refractivity contribution in [2.75, 3.05) is 13.7 Å². The van der Waals surface area contributed by atoms with Gasteiger partial charge in [-0.2, -0.15) is 0 Å². The van der Waals surface area contributed by atoms with Gasteiger partial charge in [0.1, 0.15) is 17.6 Å². The van der Waals surface area contributed by atoms with Crippen LogP contribution < -0.4 is 14.8 Å². The normalized spacial score (nSPS) is 31.6. The van der Waals surface area contributed by atoms with Gasteiger partial charge in [0.2, 0.25) is 0 Å². The molecule has 21 heavy (non-hydrogen) atoms. The van der Waals surface area contributed by atoms with E-state index in [2.05, 4.69) is 25.2 Å². The molecule has 0 saturated carbocycles. The van der Waals surface area contributed by atoms with Crippen molar-refractivity contribution in [3.8, 4) is 11.5 Å². The molecule has 2 aliphatic heterocycles. The van der Waals surface area contributed by atoms with Crippen molar-refractivity contribution < 1.29 is 14.2 Å². The molecule has 0 radical (unpaired) electrons. The van der Waals surface area contributed by atoms with Crippen molar-refractivity contribution in [3.05, 3.63) is 23.8 Å². The third-order valence-electron chi connectivity index (χ3n) is 4.47. The highest BCUT2D eigenvalue weighted by Gasteiger charge is 2.37. The number of hydrogen-bond donors (Lipinski definition) is 1. The van der Waals surface area contributed by atoms with E-state index >= 15 is 0 Å². The molecule has 2 heterocycles. The summed E-state index contributed by atoms with van der Waals surface area (Å²) < 4.78 is 17.6. The lowest BCUT2D eigenvalue weighted by atomic mass is 9.93. The maximum atomic E-state index is 6.22. The molecule has 3 rings (SSSR count). The zero-order chi connectivity index (χ0) is 14.8. The first-order chi connectivity index (χ1) is 10.2. The van der Waals surface area contributed by atoms with E-state index < -0.39 is 0 Å². The van der Waals surface area contributed by atoms with Gasteiger partial charge in [0.05, 0.1) is 19.3 Å². The monoisotopic (exact) mass is 291 g/mol. The van der Waals surface area contributed by atoms with Crippen molar-refractivity contribution >= 4 is 0 Å². The van der Waals surface area contributed by atoms with E-state index in [0.717, 1.165) is 37.3 Å². The maximum Gasteiger partial charge on any atom is 0.127 e. The Balaban J connectivity index is 1.83. The van der Waals surface area contributed by atoms with Crippen LogP contribution in [0.25, 0.3) is 0 Å². The minimum absolute atomic E-state index is 0.139. The fraction of sp³-hybridized carbons (Fsp3) is 0.647. The Morgan fingerprint density at radius 3 is 2.81 bits per heavy atom. The predicted octanol–water partition coefficient (Wildman–Crippen LogP) is 3.06. The number of methoxy groups -OCH3 is 1. The minimum Gasteiger partial charge on any atom is -0.497 e. The number of rotatable bonds is 4. The molecule has 4 heteroatoms. The van der Waals surface area contributed by atoms with Crippen LogP contribution in [0.3, 0.4) is 0 Å². The van der Waals surface area contributed by atoms with Gasteiger partial charge in [0, 0.05) is 18.0 Å². The molecule has 1 aromatic rings. The van der Waals surface area contributed by atoms with Crippen LogP contribution in [-0.4, -0.2) is 32.0 Å². The Bertz CT molecular complexity index is 491. The SMILES string of the molecule is CCNC1CC(C2CCC(C)O2)Oc2ccc(OC)cc21. The summed E-state index contributed by atoms with van der Waals surface area (Å²) in [4.78, 5) is 0. The number of fused-ring (bicyclic) bond motifs is 1. The van der Waals surface area contributed by atoms with Crippen LogP contribution in [0.15, 0.2) is 18.2 Å². The molecule has 1 saturated heterocycles. The molecule has 4 unspecified atom stereocenters. The van der Waals surface area contributed by atoms with E-state index in [9.17, 15) is 0 Å². The Morgan fingerprint density at radius 1 is 1.29 bits per heavy atom. The predicted molar refractivity (Wildman–Crippen MR) is 82.0 cm³/mol. The highest BCUT2D eigenvalue weighted by atomic mass is 16.6. The third-order valence-corrected chi connectivity index (χ3v) is 4.47. The first-order valence-corrected chi connectivity index (χ1v) is 7.94. The lowest BCUT2D eigenvalue weighted by Crippen LogP contribution is -2.40. The Hall–Kier alpha value is -1.26. The fourth-order valence-electron chi connectivity index (χ4n) is 3.38. The third kappa shape index (κ3) is 3.01. The standard InChI is InChI=1S/C17H25NO3/c1-4-18-14-10-17(16-7-5-11(2)20-16)21-15-8-6-12(19-3)9-13(14)15/h6,8-9,11,14,16-18H,4-5,7,10H2,1-3H3. The molecule has 1 aromatic carbocycles. The Kier molecular flexibility index (Phi) is 4.36. The Morgan fingerprint density at radius 2 is 2.14 bits per heavy atom. The van der Waals surface area contributed by atoms with Crippen molar-refractivity contribution in [1.29, 1.82) is 0 Å². The lowest BCUT2D eigenvalue weighted by Gasteiger charge is -2.35. The van der Waals surface area contributed by atoms with Crippen LogP contribution >= 0.6 is 0 Å². The zero-order valence-electron chi connectivity index (χ0n) is 13.1. The van der Waals surface area contributed by atoms with Gasteiger partial charge in [0.25, 0.3) is 0 Å². The summed E-state index contributed by atoms with van der Waals surface area (Å²) in [5, 5.41) is 3.57. The van der Waals surface area contributed by atoms with Gasteiger partial charge in [-0.15, -0.1) is 0 Å². The number of hydrogen-bond acceptors (Lipinski definition) is 4. The highest BCUT2D eigenvalue weighted by molar-refractivity contribution is 5.43. The summed E-state index contributed by atoms with van der Waals surface area (Å²) in [6.07, 6.45) is 3.89. The van der Waals surface area contributed by atoms with Gasteiger partial charge in [-0.05, 0) is 44.5 Å². The van der Waals surface area contributed by atoms with Crippen molar-refractivity contribution in [2.24, 2.45) is 0 Å². The van der Waals surface area contributed by atoms with E-state index in [1.165, 1.54) is 5.56 Å². The average molecular weight is 291 g/mol. The summed E-state index contributed by atoms with van der Waals surface area (Å²) in [7, 11) is 1.70. The largest absolute Gasteiger partial charge is 0.497 e. The second-order valence-corrected chi connectivity index (χ2v) is 5.97. The second-order valence-electron chi connectivity index (χ2n) is 5.97. The summed E-state index contributed by atoms with van der Waals surface area (Å²) in [5.74, 6) is 1.84. The molecule has 1 N–H and O–H groups in total. The molecule has 0 amide bonds. The fourth-order valence-corrected chi connectivity index (χ4v) is 3.38. The molecule has 116 valence electrons. The molecule has 0 aliphatic carbocycles. The lowest BCUT2D eigenvalue weighted by molar-refractivity contribution is -0.0299. The quantitative estimate of drug-likeness (QED) is 0.925. The smallest absolute Gasteiger partial charge is 0.127 e. The summed E-state index contributed by atoms with van der Waals surface area (Å²) >= 11 is 0. The molecule has 1 fully saturated rings. The zero-order valence-corrected chi connectivity index (χ0v) is 13.1. The van der Waals surface area contributed by atoms with Gasteiger partial charge < -0.3 is 19.5 Å². The first kappa shape index (κ1) is 14.7. The molecule has 4 atom stereocenters. The summed E-state index contributed by atoms with van der Waals surface area (Å²) in [6.45, 7) is 5.22. The van der Waals surface area contributed by atoms with Crippen LogP contribution in [0.5, 0.6) is 11.5 Å². The van der Waals surface area contributed by atoms with Crippen molar-refractivity contribution in [3.63, 3.8) is 0 Å². The maximum absolute atomic E-state index is 6.22. The number of nitrogens with one attached hydrogen (secondary N) is 1. The van der Waals surface area contributed by atoms with E-state index in [1.54, 1.807) is 7.11 Å². The van der Waals surface area contributed by atoms with Gasteiger partial charge in [-0.3, -0.25) is 0 Å². The highest BCUT2D eigenvalue weighted by Crippen LogP contribution is 2.40. The van der Waals surface area contributed by atoms with Gasteiger partial charge in [-0.25, -0.2) is 0 Å². The van der Waals surface area contributed by atoms with Crippen molar-refractivity contribution in [1.82, 2.24) is 5.32 Å². The summed E-state index contributed by atoms with van der Waals surface area (Å²) in [6, 6.07) is 6.36. The molecule has 0 aromatic heterocycles. The summed E-state index contributed by atoms with van der Waals surface area (Å²) in [5.41, 5.74) is 1.19. The second kappa shape index (κ2) is 6.24. The van der Waals surface area contributed by atoms with Crippen LogP contribution in [0.2, 0.25) is 0 Å². The number of benzene rings is 1. The average Bonchev–Trinajstić information content (AvgIpc) is 2.93. The topological polar surface area (TPSA) is 39.7 Å². The van der Waals surface area contributed by atoms with Crippen LogP contribution in [-0.2, 0) is 4.74 Å². The number of ether oxygens (including phenoxy) is 3. The van der Waals surface area contributed by atoms with E-state index in [1.807, 2.05) is 12.1 Å². The molecular formula is C17H25NO3.